The molecule has 0 unspecified atom stereocenters. The predicted molar refractivity (Wildman–Crippen MR) is 158 cm³/mol. The van der Waals surface area contributed by atoms with Gasteiger partial charge in [0.05, 0.1) is 0 Å². The molecule has 2 fully saturated rings. The smallest absolute Gasteiger partial charge is 0.227 e. The topological polar surface area (TPSA) is 40.6 Å². The van der Waals surface area contributed by atoms with Gasteiger partial charge in [0.15, 0.2) is 0 Å². The minimum Gasteiger partial charge on any atom is -0.312 e. The van der Waals surface area contributed by atoms with Crippen molar-refractivity contribution in [3.8, 4) is 22.3 Å². The quantitative estimate of drug-likeness (QED) is 0.360. The third-order valence-electron chi connectivity index (χ3n) is 7.89. The lowest BCUT2D eigenvalue weighted by molar-refractivity contribution is -0.117. The van der Waals surface area contributed by atoms with E-state index < -0.39 is 0 Å². The van der Waals surface area contributed by atoms with E-state index in [4.69, 9.17) is 0 Å². The zero-order valence-corrected chi connectivity index (χ0v) is 23.7. The van der Waals surface area contributed by atoms with Crippen molar-refractivity contribution in [3.05, 3.63) is 71.8 Å². The normalized spacial score (nSPS) is 16.6. The van der Waals surface area contributed by atoms with E-state index >= 15 is 0 Å². The van der Waals surface area contributed by atoms with Gasteiger partial charge >= 0.3 is 0 Å². The van der Waals surface area contributed by atoms with Gasteiger partial charge in [-0.15, -0.1) is 0 Å². The number of amides is 2. The molecule has 0 N–H and O–H groups in total. The van der Waals surface area contributed by atoms with Crippen molar-refractivity contribution in [3.63, 3.8) is 0 Å². The summed E-state index contributed by atoms with van der Waals surface area (Å²) in [4.78, 5) is 29.2. The molecule has 2 aliphatic rings. The summed E-state index contributed by atoms with van der Waals surface area (Å²) in [6.45, 7) is 15.0. The fourth-order valence-electron chi connectivity index (χ4n) is 5.54. The summed E-state index contributed by atoms with van der Waals surface area (Å²) in [5.74, 6) is 0.309. The highest BCUT2D eigenvalue weighted by atomic mass is 16.2. The Kier molecular flexibility index (Phi) is 6.71. The van der Waals surface area contributed by atoms with E-state index in [-0.39, 0.29) is 22.6 Å². The molecule has 0 bridgehead atoms. The fourth-order valence-corrected chi connectivity index (χ4v) is 5.54. The van der Waals surface area contributed by atoms with Gasteiger partial charge in [0.2, 0.25) is 11.8 Å². The van der Waals surface area contributed by atoms with Gasteiger partial charge in [-0.2, -0.15) is 0 Å². The Morgan fingerprint density at radius 3 is 1.37 bits per heavy atom. The first-order valence-electron chi connectivity index (χ1n) is 13.9. The van der Waals surface area contributed by atoms with Crippen LogP contribution in [0, 0.1) is 0 Å². The molecule has 3 aromatic rings. The lowest BCUT2D eigenvalue weighted by Crippen LogP contribution is -2.26. The highest BCUT2D eigenvalue weighted by Gasteiger charge is 2.27. The highest BCUT2D eigenvalue weighted by molar-refractivity contribution is 6.00. The van der Waals surface area contributed by atoms with E-state index in [0.29, 0.717) is 12.8 Å². The summed E-state index contributed by atoms with van der Waals surface area (Å²) in [5.41, 5.74) is 8.93. The van der Waals surface area contributed by atoms with Gasteiger partial charge in [-0.25, -0.2) is 0 Å². The largest absolute Gasteiger partial charge is 0.312 e. The molecule has 0 aliphatic carbocycles. The zero-order valence-electron chi connectivity index (χ0n) is 23.7. The van der Waals surface area contributed by atoms with E-state index in [1.54, 1.807) is 0 Å². The van der Waals surface area contributed by atoms with Gasteiger partial charge in [-0.05, 0) is 75.3 Å². The number of hydrogen-bond donors (Lipinski definition) is 0. The summed E-state index contributed by atoms with van der Waals surface area (Å²) in [5, 5.41) is 0. The Hall–Kier alpha value is -3.40. The SMILES string of the molecule is CC(C)(C)c1cc(-c2ccccc2-c2cc(N3CCCC3=O)cc(N3CCCC3=O)c2)cc(C(C)(C)C)c1. The molecule has 4 nitrogen and oxygen atoms in total. The van der Waals surface area contributed by atoms with Gasteiger partial charge in [0.25, 0.3) is 0 Å². The fraction of sp³-hybridized carbons (Fsp3) is 0.412. The summed E-state index contributed by atoms with van der Waals surface area (Å²) >= 11 is 0. The molecule has 2 amide bonds. The lowest BCUT2D eigenvalue weighted by atomic mass is 9.78. The minimum atomic E-state index is 0.0181. The van der Waals surface area contributed by atoms with Gasteiger partial charge < -0.3 is 9.80 Å². The first kappa shape index (κ1) is 26.2. The third kappa shape index (κ3) is 5.14. The number of hydrogen-bond acceptors (Lipinski definition) is 2. The van der Waals surface area contributed by atoms with Crippen LogP contribution in [0.15, 0.2) is 60.7 Å². The maximum Gasteiger partial charge on any atom is 0.227 e. The molecule has 2 aliphatic heterocycles. The van der Waals surface area contributed by atoms with Crippen LogP contribution >= 0.6 is 0 Å². The van der Waals surface area contributed by atoms with Crippen molar-refractivity contribution >= 4 is 23.2 Å². The van der Waals surface area contributed by atoms with Gasteiger partial charge in [0, 0.05) is 37.3 Å². The molecule has 0 atom stereocenters. The second-order valence-electron chi connectivity index (χ2n) is 12.9. The van der Waals surface area contributed by atoms with Crippen LogP contribution in [0.2, 0.25) is 0 Å². The summed E-state index contributed by atoms with van der Waals surface area (Å²) in [7, 11) is 0. The molecule has 198 valence electrons. The molecule has 2 heterocycles. The van der Waals surface area contributed by atoms with Crippen LogP contribution < -0.4 is 9.80 Å². The predicted octanol–water partition coefficient (Wildman–Crippen LogP) is 7.87. The Bertz CT molecular complexity index is 1310. The molecule has 0 saturated carbocycles. The Morgan fingerprint density at radius 2 is 1.00 bits per heavy atom. The first-order chi connectivity index (χ1) is 17.9. The van der Waals surface area contributed by atoms with E-state index in [9.17, 15) is 9.59 Å². The number of carbonyl (C=O) groups is 2. The number of rotatable bonds is 4. The molecule has 5 rings (SSSR count). The molecule has 4 heteroatoms. The molecule has 0 aromatic heterocycles. The maximum absolute atomic E-state index is 12.7. The van der Waals surface area contributed by atoms with Crippen LogP contribution in [0.25, 0.3) is 22.3 Å². The van der Waals surface area contributed by atoms with Crippen molar-refractivity contribution < 1.29 is 9.59 Å². The molecular formula is C34H40N2O2. The van der Waals surface area contributed by atoms with Gasteiger partial charge in [-0.1, -0.05) is 84.0 Å². The molecule has 0 radical (unpaired) electrons. The molecular weight excluding hydrogens is 468 g/mol. The second kappa shape index (κ2) is 9.72. The Balaban J connectivity index is 1.70. The Labute approximate surface area is 227 Å². The summed E-state index contributed by atoms with van der Waals surface area (Å²) < 4.78 is 0. The first-order valence-corrected chi connectivity index (χ1v) is 13.9. The third-order valence-corrected chi connectivity index (χ3v) is 7.89. The van der Waals surface area contributed by atoms with Crippen LogP contribution in [0.5, 0.6) is 0 Å². The van der Waals surface area contributed by atoms with Crippen molar-refractivity contribution in [2.45, 2.75) is 78.1 Å². The molecule has 3 aromatic carbocycles. The average Bonchev–Trinajstić information content (AvgIpc) is 3.50. The number of carbonyl (C=O) groups excluding carboxylic acids is 2. The van der Waals surface area contributed by atoms with E-state index in [2.05, 4.69) is 96.1 Å². The molecule has 38 heavy (non-hydrogen) atoms. The monoisotopic (exact) mass is 508 g/mol. The zero-order chi connectivity index (χ0) is 27.2. The number of benzene rings is 3. The van der Waals surface area contributed by atoms with Crippen LogP contribution in [0.4, 0.5) is 11.4 Å². The van der Waals surface area contributed by atoms with Crippen molar-refractivity contribution in [1.82, 2.24) is 0 Å². The average molecular weight is 509 g/mol. The van der Waals surface area contributed by atoms with E-state index in [0.717, 1.165) is 54.0 Å². The van der Waals surface area contributed by atoms with Gasteiger partial charge in [-0.3, -0.25) is 9.59 Å². The van der Waals surface area contributed by atoms with Crippen LogP contribution in [0.3, 0.4) is 0 Å². The lowest BCUT2D eigenvalue weighted by Gasteiger charge is -2.27. The standard InChI is InChI=1S/C34H40N2O2/c1-33(2,3)25-17-23(18-26(21-25)34(4,5)6)29-11-7-8-12-30(29)24-19-27(35-15-9-13-31(35)37)22-28(20-24)36-16-10-14-32(36)38/h7-8,11-12,17-22H,9-10,13-16H2,1-6H3. The van der Waals surface area contributed by atoms with Gasteiger partial charge in [0.1, 0.15) is 0 Å². The summed E-state index contributed by atoms with van der Waals surface area (Å²) in [6.07, 6.45) is 2.89. The van der Waals surface area contributed by atoms with E-state index in [1.165, 1.54) is 16.7 Å². The number of nitrogens with zero attached hydrogens (tertiary/aromatic N) is 2. The van der Waals surface area contributed by atoms with Crippen LogP contribution in [-0.4, -0.2) is 24.9 Å². The highest BCUT2D eigenvalue weighted by Crippen LogP contribution is 2.41. The van der Waals surface area contributed by atoms with Crippen LogP contribution in [0.1, 0.15) is 78.4 Å². The van der Waals surface area contributed by atoms with Crippen molar-refractivity contribution in [1.29, 1.82) is 0 Å². The molecule has 2 saturated heterocycles. The van der Waals surface area contributed by atoms with Crippen molar-refractivity contribution in [2.24, 2.45) is 0 Å². The minimum absolute atomic E-state index is 0.0181. The van der Waals surface area contributed by atoms with Crippen molar-refractivity contribution in [2.75, 3.05) is 22.9 Å². The molecule has 0 spiro atoms. The summed E-state index contributed by atoms with van der Waals surface area (Å²) in [6, 6.07) is 21.8. The Morgan fingerprint density at radius 1 is 0.579 bits per heavy atom. The second-order valence-corrected chi connectivity index (χ2v) is 12.9. The maximum atomic E-state index is 12.7. The number of anilines is 2. The van der Waals surface area contributed by atoms with E-state index in [1.807, 2.05) is 15.9 Å². The van der Waals surface area contributed by atoms with Crippen LogP contribution in [-0.2, 0) is 20.4 Å².